The van der Waals surface area contributed by atoms with E-state index in [1.165, 1.54) is 0 Å². The monoisotopic (exact) mass is 282 g/mol. The predicted octanol–water partition coefficient (Wildman–Crippen LogP) is 3.59. The number of rotatable bonds is 0. The van der Waals surface area contributed by atoms with Gasteiger partial charge in [0, 0.05) is 35.4 Å². The molecule has 0 N–H and O–H groups in total. The van der Waals surface area contributed by atoms with E-state index in [0.717, 1.165) is 11.3 Å². The van der Waals surface area contributed by atoms with Gasteiger partial charge in [-0.1, -0.05) is 11.6 Å². The SMILES string of the molecule is CC1c2c(Cl)ccnc2CCN1C(=O)OC(C)(C)C. The average molecular weight is 283 g/mol. The molecule has 0 fully saturated rings. The van der Waals surface area contributed by atoms with Gasteiger partial charge in [-0.15, -0.1) is 0 Å². The summed E-state index contributed by atoms with van der Waals surface area (Å²) in [5, 5.41) is 0.658. The van der Waals surface area contributed by atoms with Crippen molar-refractivity contribution in [3.63, 3.8) is 0 Å². The van der Waals surface area contributed by atoms with E-state index in [1.54, 1.807) is 17.2 Å². The lowest BCUT2D eigenvalue weighted by molar-refractivity contribution is 0.0158. The largest absolute Gasteiger partial charge is 0.444 e. The third-order valence-corrected chi connectivity index (χ3v) is 3.45. The highest BCUT2D eigenvalue weighted by Gasteiger charge is 2.32. The van der Waals surface area contributed by atoms with Crippen LogP contribution in [0.3, 0.4) is 0 Å². The maximum atomic E-state index is 12.2. The minimum Gasteiger partial charge on any atom is -0.444 e. The number of amides is 1. The zero-order valence-corrected chi connectivity index (χ0v) is 12.5. The van der Waals surface area contributed by atoms with Crippen molar-refractivity contribution in [2.24, 2.45) is 0 Å². The van der Waals surface area contributed by atoms with Crippen LogP contribution in [0.25, 0.3) is 0 Å². The Morgan fingerprint density at radius 1 is 1.53 bits per heavy atom. The average Bonchev–Trinajstić information content (AvgIpc) is 2.26. The number of hydrogen-bond acceptors (Lipinski definition) is 3. The van der Waals surface area contributed by atoms with Gasteiger partial charge in [-0.05, 0) is 33.8 Å². The van der Waals surface area contributed by atoms with Gasteiger partial charge in [0.05, 0.1) is 6.04 Å². The number of nitrogens with zero attached hydrogens (tertiary/aromatic N) is 2. The van der Waals surface area contributed by atoms with Crippen LogP contribution in [0.5, 0.6) is 0 Å². The third-order valence-electron chi connectivity index (χ3n) is 3.12. The van der Waals surface area contributed by atoms with Crippen molar-refractivity contribution in [3.8, 4) is 0 Å². The van der Waals surface area contributed by atoms with Gasteiger partial charge in [-0.3, -0.25) is 4.98 Å². The van der Waals surface area contributed by atoms with Crippen LogP contribution >= 0.6 is 11.6 Å². The summed E-state index contributed by atoms with van der Waals surface area (Å²) < 4.78 is 5.43. The van der Waals surface area contributed by atoms with Crippen LogP contribution < -0.4 is 0 Å². The normalized spacial score (nSPS) is 19.0. The first-order chi connectivity index (χ1) is 8.79. The highest BCUT2D eigenvalue weighted by molar-refractivity contribution is 6.31. The van der Waals surface area contributed by atoms with Gasteiger partial charge in [0.2, 0.25) is 0 Å². The van der Waals surface area contributed by atoms with Crippen LogP contribution in [0.1, 0.15) is 45.0 Å². The maximum absolute atomic E-state index is 12.2. The Morgan fingerprint density at radius 2 is 2.21 bits per heavy atom. The smallest absolute Gasteiger partial charge is 0.410 e. The molecule has 0 spiro atoms. The zero-order chi connectivity index (χ0) is 14.2. The minimum absolute atomic E-state index is 0.111. The van der Waals surface area contributed by atoms with Gasteiger partial charge in [0.1, 0.15) is 5.60 Å². The summed E-state index contributed by atoms with van der Waals surface area (Å²) in [6.45, 7) is 8.15. The van der Waals surface area contributed by atoms with E-state index in [0.29, 0.717) is 18.0 Å². The molecule has 2 heterocycles. The first-order valence-electron chi connectivity index (χ1n) is 6.42. The molecule has 4 nitrogen and oxygen atoms in total. The Labute approximate surface area is 118 Å². The number of carbonyl (C=O) groups is 1. The van der Waals surface area contributed by atoms with E-state index in [4.69, 9.17) is 16.3 Å². The van der Waals surface area contributed by atoms with Gasteiger partial charge in [0.25, 0.3) is 0 Å². The molecule has 1 aliphatic rings. The van der Waals surface area contributed by atoms with E-state index in [-0.39, 0.29) is 12.1 Å². The third kappa shape index (κ3) is 3.00. The number of halogens is 1. The van der Waals surface area contributed by atoms with Crippen LogP contribution in [0.4, 0.5) is 4.79 Å². The Morgan fingerprint density at radius 3 is 2.84 bits per heavy atom. The summed E-state index contributed by atoms with van der Waals surface area (Å²) in [4.78, 5) is 18.2. The standard InChI is InChI=1S/C14H19ClN2O2/c1-9-12-10(15)5-7-16-11(12)6-8-17(9)13(18)19-14(2,3)4/h5,7,9H,6,8H2,1-4H3. The summed E-state index contributed by atoms with van der Waals surface area (Å²) in [7, 11) is 0. The van der Waals surface area contributed by atoms with Crippen LogP contribution in [0.2, 0.25) is 5.02 Å². The fraction of sp³-hybridized carbons (Fsp3) is 0.571. The molecule has 0 saturated carbocycles. The van der Waals surface area contributed by atoms with Crippen molar-refractivity contribution in [1.82, 2.24) is 9.88 Å². The Hall–Kier alpha value is -1.29. The van der Waals surface area contributed by atoms with Crippen LogP contribution in [-0.4, -0.2) is 28.1 Å². The minimum atomic E-state index is -0.490. The van der Waals surface area contributed by atoms with Gasteiger partial charge in [-0.2, -0.15) is 0 Å². The fourth-order valence-electron chi connectivity index (χ4n) is 2.28. The molecule has 1 atom stereocenters. The molecule has 19 heavy (non-hydrogen) atoms. The second-order valence-corrected chi connectivity index (χ2v) is 6.16. The summed E-state index contributed by atoms with van der Waals surface area (Å²) in [6.07, 6.45) is 2.11. The number of fused-ring (bicyclic) bond motifs is 1. The first kappa shape index (κ1) is 14.1. The van der Waals surface area contributed by atoms with Gasteiger partial charge >= 0.3 is 6.09 Å². The summed E-state index contributed by atoms with van der Waals surface area (Å²) in [5.41, 5.74) is 1.41. The number of pyridine rings is 1. The molecule has 0 radical (unpaired) electrons. The Bertz CT molecular complexity index is 497. The number of aromatic nitrogens is 1. The Balaban J connectivity index is 2.24. The molecule has 1 unspecified atom stereocenters. The topological polar surface area (TPSA) is 42.4 Å². The summed E-state index contributed by atoms with van der Waals surface area (Å²) >= 11 is 6.22. The molecule has 1 aromatic rings. The predicted molar refractivity (Wildman–Crippen MR) is 74.3 cm³/mol. The van der Waals surface area contributed by atoms with Gasteiger partial charge in [-0.25, -0.2) is 4.79 Å². The number of hydrogen-bond donors (Lipinski definition) is 0. The maximum Gasteiger partial charge on any atom is 0.410 e. The fourth-order valence-corrected chi connectivity index (χ4v) is 2.60. The molecule has 0 aromatic carbocycles. The van der Waals surface area contributed by atoms with Crippen LogP contribution in [0.15, 0.2) is 12.3 Å². The van der Waals surface area contributed by atoms with Crippen molar-refractivity contribution >= 4 is 17.7 Å². The lowest BCUT2D eigenvalue weighted by Crippen LogP contribution is -2.42. The molecule has 0 bridgehead atoms. The Kier molecular flexibility index (Phi) is 3.72. The molecule has 1 aliphatic heterocycles. The van der Waals surface area contributed by atoms with Gasteiger partial charge < -0.3 is 9.64 Å². The molecule has 5 heteroatoms. The highest BCUT2D eigenvalue weighted by atomic mass is 35.5. The van der Waals surface area contributed by atoms with Crippen molar-refractivity contribution in [2.75, 3.05) is 6.54 Å². The van der Waals surface area contributed by atoms with Crippen molar-refractivity contribution in [1.29, 1.82) is 0 Å². The molecule has 104 valence electrons. The lowest BCUT2D eigenvalue weighted by Gasteiger charge is -2.36. The van der Waals surface area contributed by atoms with Gasteiger partial charge in [0.15, 0.2) is 0 Å². The quantitative estimate of drug-likeness (QED) is 0.730. The van der Waals surface area contributed by atoms with E-state index in [2.05, 4.69) is 4.98 Å². The zero-order valence-electron chi connectivity index (χ0n) is 11.7. The number of ether oxygens (including phenoxy) is 1. The highest BCUT2D eigenvalue weighted by Crippen LogP contribution is 2.34. The van der Waals surface area contributed by atoms with Crippen molar-refractivity contribution in [3.05, 3.63) is 28.5 Å². The molecular formula is C14H19ClN2O2. The van der Waals surface area contributed by atoms with Crippen molar-refractivity contribution < 1.29 is 9.53 Å². The van der Waals surface area contributed by atoms with E-state index < -0.39 is 5.60 Å². The molecule has 2 rings (SSSR count). The summed E-state index contributed by atoms with van der Waals surface area (Å²) in [6, 6.07) is 1.65. The molecule has 1 amide bonds. The summed E-state index contributed by atoms with van der Waals surface area (Å²) in [5.74, 6) is 0. The molecular weight excluding hydrogens is 264 g/mol. The van der Waals surface area contributed by atoms with Crippen LogP contribution in [0, 0.1) is 0 Å². The second-order valence-electron chi connectivity index (χ2n) is 5.75. The van der Waals surface area contributed by atoms with Crippen LogP contribution in [-0.2, 0) is 11.2 Å². The molecule has 1 aromatic heterocycles. The lowest BCUT2D eigenvalue weighted by atomic mass is 9.98. The van der Waals surface area contributed by atoms with E-state index >= 15 is 0 Å². The first-order valence-corrected chi connectivity index (χ1v) is 6.80. The van der Waals surface area contributed by atoms with E-state index in [1.807, 2.05) is 27.7 Å². The second kappa shape index (κ2) is 5.00. The molecule has 0 saturated heterocycles. The number of carbonyl (C=O) groups excluding carboxylic acids is 1. The molecule has 0 aliphatic carbocycles. The van der Waals surface area contributed by atoms with E-state index in [9.17, 15) is 4.79 Å². The van der Waals surface area contributed by atoms with Crippen molar-refractivity contribution in [2.45, 2.75) is 45.8 Å².